The van der Waals surface area contributed by atoms with Gasteiger partial charge in [0.1, 0.15) is 5.75 Å². The molecular weight excluding hydrogens is 244 g/mol. The summed E-state index contributed by atoms with van der Waals surface area (Å²) in [5.41, 5.74) is 1.42. The summed E-state index contributed by atoms with van der Waals surface area (Å²) in [6, 6.07) is 1.94. The van der Waals surface area contributed by atoms with E-state index in [2.05, 4.69) is 15.9 Å². The van der Waals surface area contributed by atoms with E-state index in [-0.39, 0.29) is 5.75 Å². The summed E-state index contributed by atoms with van der Waals surface area (Å²) < 4.78 is 0.653. The van der Waals surface area contributed by atoms with Gasteiger partial charge in [-0.25, -0.2) is 0 Å². The number of benzene rings is 1. The van der Waals surface area contributed by atoms with Crippen molar-refractivity contribution in [2.75, 3.05) is 0 Å². The van der Waals surface area contributed by atoms with E-state index >= 15 is 0 Å². The van der Waals surface area contributed by atoms with Crippen molar-refractivity contribution in [2.24, 2.45) is 0 Å². The molecule has 0 fully saturated rings. The van der Waals surface area contributed by atoms with E-state index in [0.29, 0.717) is 10.0 Å². The quantitative estimate of drug-likeness (QED) is 0.813. The van der Waals surface area contributed by atoms with Gasteiger partial charge < -0.3 is 10.2 Å². The summed E-state index contributed by atoms with van der Waals surface area (Å²) in [5, 5.41) is 19.8. The summed E-state index contributed by atoms with van der Waals surface area (Å²) in [6.45, 7) is 7.12. The number of rotatable bonds is 1. The van der Waals surface area contributed by atoms with Crippen molar-refractivity contribution in [3.05, 3.63) is 27.2 Å². The van der Waals surface area contributed by atoms with Crippen LogP contribution in [0.25, 0.3) is 0 Å². The second kappa shape index (κ2) is 3.55. The maximum absolute atomic E-state index is 9.89. The molecule has 1 aromatic rings. The average Bonchev–Trinajstić information content (AvgIpc) is 1.97. The minimum atomic E-state index is -1.02. The fraction of sp³-hybridized carbons (Fsp3) is 0.455. The van der Waals surface area contributed by atoms with Crippen molar-refractivity contribution in [3.63, 3.8) is 0 Å². The molecule has 14 heavy (non-hydrogen) atoms. The molecule has 0 aliphatic heterocycles. The number of halogens is 1. The van der Waals surface area contributed by atoms with Gasteiger partial charge in [-0.05, 0) is 54.8 Å². The molecule has 1 aromatic carbocycles. The Morgan fingerprint density at radius 1 is 1.21 bits per heavy atom. The highest BCUT2D eigenvalue weighted by atomic mass is 79.9. The third kappa shape index (κ3) is 1.93. The Bertz CT molecular complexity index is 365. The lowest BCUT2D eigenvalue weighted by Gasteiger charge is -2.23. The van der Waals surface area contributed by atoms with Crippen LogP contribution in [0.4, 0.5) is 0 Å². The zero-order chi connectivity index (χ0) is 11.1. The van der Waals surface area contributed by atoms with Crippen molar-refractivity contribution >= 4 is 15.9 Å². The number of phenols is 1. The molecule has 2 N–H and O–H groups in total. The standard InChI is InChI=1S/C11H15BrO2/c1-6-5-7(2)9(12)10(13)8(6)11(3,4)14/h5,13-14H,1-4H3. The molecule has 3 heteroatoms. The average molecular weight is 259 g/mol. The van der Waals surface area contributed by atoms with E-state index in [1.165, 1.54) is 0 Å². The number of aliphatic hydroxyl groups is 1. The number of hydrogen-bond acceptors (Lipinski definition) is 2. The van der Waals surface area contributed by atoms with Gasteiger partial charge in [0.25, 0.3) is 0 Å². The van der Waals surface area contributed by atoms with E-state index in [9.17, 15) is 10.2 Å². The van der Waals surface area contributed by atoms with Gasteiger partial charge in [-0.1, -0.05) is 6.07 Å². The van der Waals surface area contributed by atoms with Gasteiger partial charge >= 0.3 is 0 Å². The maximum atomic E-state index is 9.89. The molecule has 0 radical (unpaired) electrons. The molecule has 0 amide bonds. The molecule has 2 nitrogen and oxygen atoms in total. The van der Waals surface area contributed by atoms with Gasteiger partial charge in [-0.3, -0.25) is 0 Å². The lowest BCUT2D eigenvalue weighted by atomic mass is 9.91. The molecule has 0 spiro atoms. The molecule has 0 aliphatic carbocycles. The Hall–Kier alpha value is -0.540. The fourth-order valence-electron chi connectivity index (χ4n) is 1.72. The molecule has 78 valence electrons. The topological polar surface area (TPSA) is 40.5 Å². The van der Waals surface area contributed by atoms with E-state index in [0.717, 1.165) is 11.1 Å². The summed E-state index contributed by atoms with van der Waals surface area (Å²) in [4.78, 5) is 0. The molecule has 0 bridgehead atoms. The first-order chi connectivity index (χ1) is 6.25. The largest absolute Gasteiger partial charge is 0.506 e. The minimum absolute atomic E-state index is 0.134. The first kappa shape index (κ1) is 11.5. The van der Waals surface area contributed by atoms with Gasteiger partial charge in [0.15, 0.2) is 0 Å². The predicted octanol–water partition coefficient (Wildman–Crippen LogP) is 3.00. The molecule has 0 saturated carbocycles. The van der Waals surface area contributed by atoms with Crippen LogP contribution in [0, 0.1) is 13.8 Å². The zero-order valence-corrected chi connectivity index (χ0v) is 10.4. The van der Waals surface area contributed by atoms with Crippen LogP contribution in [0.15, 0.2) is 10.5 Å². The fourth-order valence-corrected chi connectivity index (χ4v) is 2.03. The molecule has 0 heterocycles. The highest BCUT2D eigenvalue weighted by Crippen LogP contribution is 2.39. The van der Waals surface area contributed by atoms with Crippen LogP contribution >= 0.6 is 15.9 Å². The minimum Gasteiger partial charge on any atom is -0.506 e. The third-order valence-electron chi connectivity index (χ3n) is 2.23. The highest BCUT2D eigenvalue weighted by molar-refractivity contribution is 9.10. The van der Waals surface area contributed by atoms with Crippen molar-refractivity contribution in [1.29, 1.82) is 0 Å². The van der Waals surface area contributed by atoms with Gasteiger partial charge in [-0.2, -0.15) is 0 Å². The maximum Gasteiger partial charge on any atom is 0.136 e. The van der Waals surface area contributed by atoms with Crippen LogP contribution in [-0.2, 0) is 5.60 Å². The van der Waals surface area contributed by atoms with Crippen LogP contribution in [0.2, 0.25) is 0 Å². The molecule has 0 atom stereocenters. The summed E-state index contributed by atoms with van der Waals surface area (Å²) in [6.07, 6.45) is 0. The molecule has 0 saturated heterocycles. The van der Waals surface area contributed by atoms with Crippen LogP contribution < -0.4 is 0 Å². The Balaban J connectivity index is 3.53. The molecule has 0 aliphatic rings. The smallest absolute Gasteiger partial charge is 0.136 e. The van der Waals surface area contributed by atoms with Crippen LogP contribution in [0.3, 0.4) is 0 Å². The number of aromatic hydroxyl groups is 1. The molecule has 1 rings (SSSR count). The molecule has 0 unspecified atom stereocenters. The summed E-state index contributed by atoms with van der Waals surface area (Å²) >= 11 is 3.30. The normalized spacial score (nSPS) is 11.9. The van der Waals surface area contributed by atoms with E-state index < -0.39 is 5.60 Å². The van der Waals surface area contributed by atoms with Crippen molar-refractivity contribution in [1.82, 2.24) is 0 Å². The second-order valence-electron chi connectivity index (χ2n) is 4.11. The predicted molar refractivity (Wildman–Crippen MR) is 60.5 cm³/mol. The summed E-state index contributed by atoms with van der Waals surface area (Å²) in [5.74, 6) is 0.134. The van der Waals surface area contributed by atoms with Gasteiger partial charge in [0.2, 0.25) is 0 Å². The Morgan fingerprint density at radius 2 is 1.71 bits per heavy atom. The van der Waals surface area contributed by atoms with E-state index in [1.807, 2.05) is 19.9 Å². The second-order valence-corrected chi connectivity index (χ2v) is 4.90. The number of aryl methyl sites for hydroxylation is 2. The van der Waals surface area contributed by atoms with Crippen molar-refractivity contribution < 1.29 is 10.2 Å². The van der Waals surface area contributed by atoms with Crippen LogP contribution in [-0.4, -0.2) is 10.2 Å². The Morgan fingerprint density at radius 3 is 2.14 bits per heavy atom. The van der Waals surface area contributed by atoms with Gasteiger partial charge in [0, 0.05) is 5.56 Å². The van der Waals surface area contributed by atoms with Gasteiger partial charge in [-0.15, -0.1) is 0 Å². The summed E-state index contributed by atoms with van der Waals surface area (Å²) in [7, 11) is 0. The number of hydrogen-bond donors (Lipinski definition) is 2. The van der Waals surface area contributed by atoms with Crippen molar-refractivity contribution in [2.45, 2.75) is 33.3 Å². The number of phenolic OH excluding ortho intramolecular Hbond substituents is 1. The molecular formula is C11H15BrO2. The Kier molecular flexibility index (Phi) is 2.93. The third-order valence-corrected chi connectivity index (χ3v) is 3.23. The lowest BCUT2D eigenvalue weighted by Crippen LogP contribution is -2.17. The van der Waals surface area contributed by atoms with Crippen LogP contribution in [0.1, 0.15) is 30.5 Å². The first-order valence-electron chi connectivity index (χ1n) is 4.46. The highest BCUT2D eigenvalue weighted by Gasteiger charge is 2.24. The van der Waals surface area contributed by atoms with E-state index in [4.69, 9.17) is 0 Å². The SMILES string of the molecule is Cc1cc(C)c(C(C)(C)O)c(O)c1Br. The molecule has 0 aromatic heterocycles. The first-order valence-corrected chi connectivity index (χ1v) is 5.26. The monoisotopic (exact) mass is 258 g/mol. The van der Waals surface area contributed by atoms with Gasteiger partial charge in [0.05, 0.1) is 10.1 Å². The zero-order valence-electron chi connectivity index (χ0n) is 8.85. The van der Waals surface area contributed by atoms with Crippen LogP contribution in [0.5, 0.6) is 5.75 Å². The Labute approximate surface area is 92.7 Å². The van der Waals surface area contributed by atoms with E-state index in [1.54, 1.807) is 13.8 Å². The lowest BCUT2D eigenvalue weighted by molar-refractivity contribution is 0.0750. The van der Waals surface area contributed by atoms with Crippen molar-refractivity contribution in [3.8, 4) is 5.75 Å².